The van der Waals surface area contributed by atoms with Gasteiger partial charge in [-0.25, -0.2) is 14.4 Å². The van der Waals surface area contributed by atoms with Crippen LogP contribution in [0.4, 0.5) is 32.0 Å². The number of aliphatic carboxylic acids is 2. The van der Waals surface area contributed by atoms with Crippen LogP contribution in [0.3, 0.4) is 0 Å². The van der Waals surface area contributed by atoms with Crippen molar-refractivity contribution in [3.8, 4) is 0 Å². The summed E-state index contributed by atoms with van der Waals surface area (Å²) in [5.41, 5.74) is 16.2. The molecule has 23 N–H and O–H groups in total. The summed E-state index contributed by atoms with van der Waals surface area (Å²) < 4.78 is 69.4. The van der Waals surface area contributed by atoms with Crippen LogP contribution < -0.4 is 75.7 Å². The number of alkyl halides is 6. The van der Waals surface area contributed by atoms with Gasteiger partial charge >= 0.3 is 30.3 Å². The number of nitrogens with one attached hydrogen (secondary N) is 11. The number of non-ortho nitro benzene ring substituents is 1. The summed E-state index contributed by atoms with van der Waals surface area (Å²) in [5.74, 6) is -22.8. The molecule has 45 heteroatoms. The third-order valence-corrected chi connectivity index (χ3v) is 16.1. The maximum Gasteiger partial charge on any atom is 0.490 e. The van der Waals surface area contributed by atoms with Crippen LogP contribution in [0, 0.1) is 27.9 Å². The Morgan fingerprint density at radius 1 is 0.688 bits per heavy atom. The number of aliphatic imine (C=N–C) groups is 1. The van der Waals surface area contributed by atoms with Crippen LogP contribution in [-0.2, 0) is 78.3 Å². The van der Waals surface area contributed by atoms with E-state index in [-0.39, 0.29) is 55.0 Å². The number of nitrogens with two attached hydrogens (primary N) is 3. The number of carboxylic acid groups (broad SMARTS) is 2. The number of guanidine groups is 1. The Hall–Kier alpha value is -10.9. The Kier molecular flexibility index (Phi) is 38.3. The minimum Gasteiger partial charge on any atom is -0.475 e. The molecule has 2 aromatic carbocycles. The summed E-state index contributed by atoms with van der Waals surface area (Å²) >= 11 is 0. The van der Waals surface area contributed by atoms with Crippen molar-refractivity contribution < 1.29 is 134 Å². The molecule has 0 aliphatic carbocycles. The normalized spacial score (nSPS) is 23.3. The van der Waals surface area contributed by atoms with Crippen molar-refractivity contribution in [1.29, 1.82) is 0 Å². The van der Waals surface area contributed by atoms with E-state index in [1.54, 1.807) is 27.7 Å². The fourth-order valence-electron chi connectivity index (χ4n) is 10.0. The molecule has 0 radical (unpaired) electrons. The van der Waals surface area contributed by atoms with Crippen molar-refractivity contribution in [3.63, 3.8) is 0 Å². The quantitative estimate of drug-likeness (QED) is 0.0100. The van der Waals surface area contributed by atoms with Crippen molar-refractivity contribution >= 4 is 94.5 Å². The minimum absolute atomic E-state index is 0.0245. The first-order chi connectivity index (χ1) is 50.7. The minimum atomic E-state index is -5.08. The number of nitro groups is 1. The van der Waals surface area contributed by atoms with Gasteiger partial charge in [0.15, 0.2) is 24.2 Å². The van der Waals surface area contributed by atoms with Gasteiger partial charge in [-0.3, -0.25) is 67.8 Å². The van der Waals surface area contributed by atoms with Crippen LogP contribution in [0.5, 0.6) is 0 Å². The number of benzene rings is 2. The van der Waals surface area contributed by atoms with Crippen LogP contribution in [0.2, 0.25) is 0 Å². The van der Waals surface area contributed by atoms with Gasteiger partial charge in [0.2, 0.25) is 65.0 Å². The van der Waals surface area contributed by atoms with E-state index < -0.39 is 222 Å². The number of amides is 11. The molecule has 2 aliphatic rings. The smallest absolute Gasteiger partial charge is 0.475 e. The molecule has 109 heavy (non-hydrogen) atoms. The number of carbonyl (C=O) groups excluding carboxylic acids is 12. The average Bonchev–Trinajstić information content (AvgIpc) is 0.979. The summed E-state index contributed by atoms with van der Waals surface area (Å²) in [5, 5.41) is 97.0. The molecule has 0 spiro atoms. The number of aliphatic hydroxyl groups excluding tert-OH is 4. The molecule has 0 saturated carbocycles. The summed E-state index contributed by atoms with van der Waals surface area (Å²) in [6, 6.07) is -6.30. The molecule has 0 unspecified atom stereocenters. The molecular weight excluding hydrogens is 1470 g/mol. The Morgan fingerprint density at radius 2 is 1.21 bits per heavy atom. The fraction of sp³-hybridized carbons (Fsp3) is 0.578. The second-order valence-corrected chi connectivity index (χ2v) is 25.6. The zero-order chi connectivity index (χ0) is 83.1. The molecular formula is C64H92F6N16O23. The number of nitrogens with zero attached hydrogens (tertiary/aromatic N) is 2. The van der Waals surface area contributed by atoms with Crippen LogP contribution >= 0.6 is 0 Å². The molecule has 608 valence electrons. The first-order valence-corrected chi connectivity index (χ1v) is 33.5. The molecule has 0 bridgehead atoms. The van der Waals surface area contributed by atoms with Gasteiger partial charge in [0.25, 0.3) is 5.69 Å². The maximum absolute atomic E-state index is 15.5. The van der Waals surface area contributed by atoms with E-state index in [0.29, 0.717) is 19.4 Å². The second kappa shape index (κ2) is 44.4. The summed E-state index contributed by atoms with van der Waals surface area (Å²) in [7, 11) is 0. The summed E-state index contributed by atoms with van der Waals surface area (Å²) in [6.45, 7) is 8.48. The van der Waals surface area contributed by atoms with E-state index in [0.717, 1.165) is 19.1 Å². The van der Waals surface area contributed by atoms with Gasteiger partial charge < -0.3 is 111 Å². The molecule has 2 aromatic rings. The lowest BCUT2D eigenvalue weighted by atomic mass is 9.95. The van der Waals surface area contributed by atoms with Gasteiger partial charge in [-0.1, -0.05) is 90.4 Å². The number of rotatable bonds is 22. The Bertz CT molecular complexity index is 3490. The van der Waals surface area contributed by atoms with Crippen molar-refractivity contribution in [1.82, 2.24) is 58.5 Å². The van der Waals surface area contributed by atoms with Crippen LogP contribution in [0.15, 0.2) is 59.6 Å². The van der Waals surface area contributed by atoms with Crippen LogP contribution in [0.25, 0.3) is 0 Å². The SMILES string of the molecule is CC[C@H](C)[C@@H]1NC(=O)[C@@H](CCCN=C(N)N)NC(=O)[C@H](CC(C)C)NC(=O)[C@H]([C@H](O)C(C)C)NC(=O)[C@@H](NC(=O)[C@H](Cc2ccc([N+](=O)[O-])cc2)NC(=O)[C@H]2CCCN2)[C@@H](c2ccccc2)OC(=O)[C@H](CO)NC(=O)[C@H]([C@H](O)C(N)=O)NC(=O)CNC(=O)[C@H]([C@H](C)O)NC1=O.O=C(O)C(F)(F)F.O=C(O)C(F)(F)F. The number of nitro benzene ring substituents is 1. The lowest BCUT2D eigenvalue weighted by Gasteiger charge is -2.33. The standard InChI is InChI=1S/C60H90N16O19.2C2HF3O2/c1-8-30(6)41-55(88)73-42(31(7)78)54(87)66-26-40(79)71-44(47(81)49(61)82)57(90)70-39(27-77)59(92)95-48(33-14-10-9-11-15-33)45(75-53(86)38(68-50(83)35-16-12-22-64-35)25-32-18-20-34(21-19-32)76(93)94)58(91)74-43(46(80)29(4)5)56(89)69-37(24-28(2)3)52(85)67-36(51(84)72-41)17-13-23-65-60(62)63;2*3-2(4,5)1(6)7/h9-11,14-15,18-21,28-31,35-39,41-48,64,77-78,80-81H,8,12-13,16-17,22-27H2,1-7H3,(H2,61,82)(H,66,87)(H,67,85)(H,68,83)(H,69,89)(H,70,90)(H,71,79)(H,72,84)(H,73,88)(H,74,91)(H,75,86)(H4,62,63,65);2*(H,6,7)/t30-,31-,35+,36+,37-,38-,39-,41-,42-,43-,44-,45-,46+,47-,48+;;/m0../s1. The molecule has 2 heterocycles. The van der Waals surface area contributed by atoms with Gasteiger partial charge in [-0.2, -0.15) is 26.3 Å². The number of primary amides is 1. The highest BCUT2D eigenvalue weighted by Gasteiger charge is 2.45. The van der Waals surface area contributed by atoms with E-state index >= 15 is 9.59 Å². The molecule has 2 fully saturated rings. The van der Waals surface area contributed by atoms with Gasteiger partial charge in [0.1, 0.15) is 48.3 Å². The van der Waals surface area contributed by atoms with Crippen molar-refractivity contribution in [3.05, 3.63) is 75.8 Å². The summed E-state index contributed by atoms with van der Waals surface area (Å²) in [6.07, 6.45) is -18.1. The Labute approximate surface area is 617 Å². The number of esters is 1. The Morgan fingerprint density at radius 3 is 1.70 bits per heavy atom. The molecule has 39 nitrogen and oxygen atoms in total. The fourth-order valence-corrected chi connectivity index (χ4v) is 10.0. The van der Waals surface area contributed by atoms with E-state index in [1.165, 1.54) is 56.3 Å². The molecule has 0 aromatic heterocycles. The highest BCUT2D eigenvalue weighted by molar-refractivity contribution is 6.00. The first kappa shape index (κ1) is 94.2. The number of ether oxygens (including phenoxy) is 1. The monoisotopic (exact) mass is 1570 g/mol. The first-order valence-electron chi connectivity index (χ1n) is 33.5. The van der Waals surface area contributed by atoms with Crippen molar-refractivity contribution in [2.75, 3.05) is 26.2 Å². The third kappa shape index (κ3) is 31.8. The summed E-state index contributed by atoms with van der Waals surface area (Å²) in [4.78, 5) is 204. The van der Waals surface area contributed by atoms with E-state index in [9.17, 15) is 105 Å². The second-order valence-electron chi connectivity index (χ2n) is 25.6. The number of cyclic esters (lactones) is 1. The molecule has 15 atom stereocenters. The topological polar surface area (TPSA) is 635 Å². The van der Waals surface area contributed by atoms with Crippen molar-refractivity contribution in [2.24, 2.45) is 39.9 Å². The Balaban J connectivity index is 0.00000261. The highest BCUT2D eigenvalue weighted by atomic mass is 19.4. The van der Waals surface area contributed by atoms with E-state index in [2.05, 4.69) is 52.8 Å². The molecule has 11 amide bonds. The van der Waals surface area contributed by atoms with Crippen molar-refractivity contribution in [2.45, 2.75) is 191 Å². The molecule has 2 saturated heterocycles. The molecule has 4 rings (SSSR count). The lowest BCUT2D eigenvalue weighted by molar-refractivity contribution is -0.384. The van der Waals surface area contributed by atoms with Crippen LogP contribution in [0.1, 0.15) is 104 Å². The van der Waals surface area contributed by atoms with E-state index in [4.69, 9.17) is 41.7 Å². The zero-order valence-corrected chi connectivity index (χ0v) is 59.8. The number of carboxylic acids is 2. The maximum atomic E-state index is 15.5. The number of hydrogen-bond acceptors (Lipinski definition) is 23. The number of hydrogen-bond donors (Lipinski definition) is 20. The van der Waals surface area contributed by atoms with Gasteiger partial charge in [0, 0.05) is 25.1 Å². The van der Waals surface area contributed by atoms with Gasteiger partial charge in [0.05, 0.1) is 36.3 Å². The highest BCUT2D eigenvalue weighted by Crippen LogP contribution is 2.26. The largest absolute Gasteiger partial charge is 0.490 e. The predicted molar refractivity (Wildman–Crippen MR) is 365 cm³/mol. The van der Waals surface area contributed by atoms with E-state index in [1.807, 2.05) is 10.6 Å². The zero-order valence-electron chi connectivity index (χ0n) is 59.8. The third-order valence-electron chi connectivity index (χ3n) is 16.1. The number of carbonyl (C=O) groups is 14. The predicted octanol–water partition coefficient (Wildman–Crippen LogP) is -4.68. The average molecular weight is 1570 g/mol. The number of halogens is 6. The number of aliphatic hydroxyl groups is 4. The lowest BCUT2D eigenvalue weighted by Crippen LogP contribution is -2.64. The van der Waals surface area contributed by atoms with Gasteiger partial charge in [-0.15, -0.1) is 0 Å². The van der Waals surface area contributed by atoms with Gasteiger partial charge in [-0.05, 0) is 74.5 Å². The van der Waals surface area contributed by atoms with Crippen LogP contribution in [-0.4, -0.2) is 242 Å². The molecule has 2 aliphatic heterocycles.